The van der Waals surface area contributed by atoms with Crippen LogP contribution in [-0.4, -0.2) is 54.1 Å². The molecule has 1 fully saturated rings. The van der Waals surface area contributed by atoms with Crippen LogP contribution in [-0.2, 0) is 9.59 Å². The molecule has 0 aromatic rings. The summed E-state index contributed by atoms with van der Waals surface area (Å²) in [5.74, 6) is -0.987. The van der Waals surface area contributed by atoms with Crippen molar-refractivity contribution >= 4 is 17.9 Å². The zero-order valence-corrected chi connectivity index (χ0v) is 12.1. The van der Waals surface area contributed by atoms with Gasteiger partial charge in [-0.3, -0.25) is 9.59 Å². The molecule has 1 heterocycles. The zero-order chi connectivity index (χ0) is 15.2. The highest BCUT2D eigenvalue weighted by atomic mass is 16.4. The average Bonchev–Trinajstić information content (AvgIpc) is 2.38. The largest absolute Gasteiger partial charge is 0.481 e. The highest BCUT2D eigenvalue weighted by molar-refractivity contribution is 5.79. The van der Waals surface area contributed by atoms with E-state index in [2.05, 4.69) is 10.6 Å². The molecule has 0 saturated carbocycles. The number of urea groups is 1. The van der Waals surface area contributed by atoms with E-state index in [1.807, 2.05) is 6.92 Å². The number of likely N-dealkylation sites (tertiary alicyclic amines) is 1. The predicted molar refractivity (Wildman–Crippen MR) is 73.2 cm³/mol. The van der Waals surface area contributed by atoms with E-state index in [1.54, 1.807) is 6.92 Å². The van der Waals surface area contributed by atoms with Crippen LogP contribution in [0.1, 0.15) is 33.1 Å². The molecule has 20 heavy (non-hydrogen) atoms. The fourth-order valence-corrected chi connectivity index (χ4v) is 2.27. The van der Waals surface area contributed by atoms with Gasteiger partial charge < -0.3 is 20.6 Å². The molecule has 0 spiro atoms. The number of amides is 3. The van der Waals surface area contributed by atoms with E-state index in [1.165, 1.54) is 4.90 Å². The Morgan fingerprint density at radius 1 is 1.30 bits per heavy atom. The quantitative estimate of drug-likeness (QED) is 0.681. The predicted octanol–water partition coefficient (Wildman–Crippen LogP) is 0.409. The lowest BCUT2D eigenvalue weighted by Gasteiger charge is -2.37. The summed E-state index contributed by atoms with van der Waals surface area (Å²) in [5, 5.41) is 14.5. The van der Waals surface area contributed by atoms with Gasteiger partial charge in [-0.05, 0) is 26.7 Å². The Labute approximate surface area is 118 Å². The second-order valence-corrected chi connectivity index (χ2v) is 5.33. The Morgan fingerprint density at radius 3 is 2.60 bits per heavy atom. The van der Waals surface area contributed by atoms with E-state index in [-0.39, 0.29) is 31.4 Å². The molecule has 0 aromatic heterocycles. The van der Waals surface area contributed by atoms with Crippen molar-refractivity contribution in [2.24, 2.45) is 5.41 Å². The Balaban J connectivity index is 2.40. The molecule has 7 nitrogen and oxygen atoms in total. The molecule has 114 valence electrons. The number of nitrogens with one attached hydrogen (secondary N) is 2. The number of hydrogen-bond acceptors (Lipinski definition) is 3. The van der Waals surface area contributed by atoms with Crippen molar-refractivity contribution in [2.45, 2.75) is 33.1 Å². The smallest absolute Gasteiger partial charge is 0.317 e. The molecular formula is C13H23N3O4. The summed E-state index contributed by atoms with van der Waals surface area (Å²) in [6.45, 7) is 5.06. The molecular weight excluding hydrogens is 262 g/mol. The molecule has 1 unspecified atom stereocenters. The van der Waals surface area contributed by atoms with Crippen molar-refractivity contribution in [1.29, 1.82) is 0 Å². The number of nitrogens with zero attached hydrogens (tertiary/aromatic N) is 1. The fraction of sp³-hybridized carbons (Fsp3) is 0.769. The summed E-state index contributed by atoms with van der Waals surface area (Å²) in [7, 11) is 0. The Hall–Kier alpha value is -1.79. The van der Waals surface area contributed by atoms with Gasteiger partial charge in [0.25, 0.3) is 0 Å². The molecule has 3 amide bonds. The van der Waals surface area contributed by atoms with Crippen LogP contribution in [0, 0.1) is 5.41 Å². The first-order chi connectivity index (χ1) is 9.39. The summed E-state index contributed by atoms with van der Waals surface area (Å²) >= 11 is 0. The van der Waals surface area contributed by atoms with Crippen molar-refractivity contribution in [2.75, 3.05) is 26.2 Å². The van der Waals surface area contributed by atoms with Gasteiger partial charge in [-0.2, -0.15) is 0 Å². The first kappa shape index (κ1) is 16.3. The van der Waals surface area contributed by atoms with Gasteiger partial charge in [-0.15, -0.1) is 0 Å². The van der Waals surface area contributed by atoms with Gasteiger partial charge >= 0.3 is 12.0 Å². The highest BCUT2D eigenvalue weighted by Crippen LogP contribution is 2.29. The molecule has 1 atom stereocenters. The van der Waals surface area contributed by atoms with Crippen molar-refractivity contribution in [3.05, 3.63) is 0 Å². The SMILES string of the molecule is CCNC(=O)CCNC(=O)N1CCCC(C)(C(=O)O)C1. The molecule has 1 rings (SSSR count). The van der Waals surface area contributed by atoms with E-state index in [0.29, 0.717) is 25.9 Å². The maximum absolute atomic E-state index is 11.9. The first-order valence-electron chi connectivity index (χ1n) is 6.92. The third kappa shape index (κ3) is 4.40. The molecule has 1 saturated heterocycles. The van der Waals surface area contributed by atoms with Crippen molar-refractivity contribution in [3.63, 3.8) is 0 Å². The summed E-state index contributed by atoms with van der Waals surface area (Å²) in [5.41, 5.74) is -0.880. The summed E-state index contributed by atoms with van der Waals surface area (Å²) in [6, 6.07) is -0.304. The van der Waals surface area contributed by atoms with Crippen LogP contribution in [0.25, 0.3) is 0 Å². The van der Waals surface area contributed by atoms with Gasteiger partial charge in [0.2, 0.25) is 5.91 Å². The Bertz CT molecular complexity index is 386. The minimum absolute atomic E-state index is 0.109. The first-order valence-corrected chi connectivity index (χ1v) is 6.92. The van der Waals surface area contributed by atoms with Crippen LogP contribution in [0.4, 0.5) is 4.79 Å². The van der Waals surface area contributed by atoms with Crippen molar-refractivity contribution in [1.82, 2.24) is 15.5 Å². The second-order valence-electron chi connectivity index (χ2n) is 5.33. The number of carboxylic acids is 1. The van der Waals surface area contributed by atoms with E-state index < -0.39 is 11.4 Å². The normalized spacial score (nSPS) is 22.2. The molecule has 1 aliphatic rings. The van der Waals surface area contributed by atoms with Crippen LogP contribution < -0.4 is 10.6 Å². The van der Waals surface area contributed by atoms with Gasteiger partial charge in [0.15, 0.2) is 0 Å². The number of rotatable bonds is 5. The van der Waals surface area contributed by atoms with Crippen LogP contribution >= 0.6 is 0 Å². The highest BCUT2D eigenvalue weighted by Gasteiger charge is 2.39. The van der Waals surface area contributed by atoms with Gasteiger partial charge in [-0.25, -0.2) is 4.79 Å². The molecule has 3 N–H and O–H groups in total. The summed E-state index contributed by atoms with van der Waals surface area (Å²) < 4.78 is 0. The molecule has 1 aliphatic heterocycles. The van der Waals surface area contributed by atoms with Crippen LogP contribution in [0.3, 0.4) is 0 Å². The molecule has 7 heteroatoms. The minimum atomic E-state index is -0.880. The van der Waals surface area contributed by atoms with Gasteiger partial charge in [0, 0.05) is 32.6 Å². The molecule has 0 aromatic carbocycles. The second kappa shape index (κ2) is 7.12. The van der Waals surface area contributed by atoms with Gasteiger partial charge in [-0.1, -0.05) is 0 Å². The number of hydrogen-bond donors (Lipinski definition) is 3. The maximum atomic E-state index is 11.9. The third-order valence-electron chi connectivity index (χ3n) is 3.50. The molecule has 0 bridgehead atoms. The van der Waals surface area contributed by atoms with E-state index in [9.17, 15) is 19.5 Å². The number of carbonyl (C=O) groups excluding carboxylic acids is 2. The molecule has 0 radical (unpaired) electrons. The van der Waals surface area contributed by atoms with E-state index in [4.69, 9.17) is 0 Å². The van der Waals surface area contributed by atoms with E-state index >= 15 is 0 Å². The Kier molecular flexibility index (Phi) is 5.79. The average molecular weight is 285 g/mol. The third-order valence-corrected chi connectivity index (χ3v) is 3.50. The lowest BCUT2D eigenvalue weighted by molar-refractivity contribution is -0.150. The number of aliphatic carboxylic acids is 1. The standard InChI is InChI=1S/C13H23N3O4/c1-3-14-10(17)5-7-15-12(20)16-8-4-6-13(2,9-16)11(18)19/h3-9H2,1-2H3,(H,14,17)(H,15,20)(H,18,19). The Morgan fingerprint density at radius 2 is 2.00 bits per heavy atom. The monoisotopic (exact) mass is 285 g/mol. The van der Waals surface area contributed by atoms with E-state index in [0.717, 1.165) is 0 Å². The molecule has 0 aliphatic carbocycles. The summed E-state index contributed by atoms with van der Waals surface area (Å²) in [4.78, 5) is 35.9. The fourth-order valence-electron chi connectivity index (χ4n) is 2.27. The van der Waals surface area contributed by atoms with Gasteiger partial charge in [0.05, 0.1) is 5.41 Å². The van der Waals surface area contributed by atoms with Crippen LogP contribution in [0.15, 0.2) is 0 Å². The van der Waals surface area contributed by atoms with Crippen molar-refractivity contribution in [3.8, 4) is 0 Å². The lowest BCUT2D eigenvalue weighted by Crippen LogP contribution is -2.51. The zero-order valence-electron chi connectivity index (χ0n) is 12.1. The lowest BCUT2D eigenvalue weighted by atomic mass is 9.82. The maximum Gasteiger partial charge on any atom is 0.317 e. The minimum Gasteiger partial charge on any atom is -0.481 e. The van der Waals surface area contributed by atoms with Crippen LogP contribution in [0.2, 0.25) is 0 Å². The number of carboxylic acid groups (broad SMARTS) is 1. The van der Waals surface area contributed by atoms with Crippen LogP contribution in [0.5, 0.6) is 0 Å². The number of carbonyl (C=O) groups is 3. The summed E-state index contributed by atoms with van der Waals surface area (Å²) in [6.07, 6.45) is 1.47. The number of piperidine rings is 1. The topological polar surface area (TPSA) is 98.7 Å². The van der Waals surface area contributed by atoms with Crippen molar-refractivity contribution < 1.29 is 19.5 Å². The van der Waals surface area contributed by atoms with Gasteiger partial charge in [0.1, 0.15) is 0 Å².